The van der Waals surface area contributed by atoms with Crippen LogP contribution in [-0.4, -0.2) is 15.1 Å². The highest BCUT2D eigenvalue weighted by Gasteiger charge is 2.11. The number of anilines is 1. The van der Waals surface area contributed by atoms with Gasteiger partial charge in [0.05, 0.1) is 6.61 Å². The number of rotatable bonds is 5. The van der Waals surface area contributed by atoms with Crippen molar-refractivity contribution in [2.75, 3.05) is 5.32 Å². The van der Waals surface area contributed by atoms with Crippen LogP contribution in [0.4, 0.5) is 5.82 Å². The first-order chi connectivity index (χ1) is 10.0. The molecule has 0 saturated heterocycles. The normalized spacial score (nSPS) is 11.0. The van der Waals surface area contributed by atoms with Gasteiger partial charge in [-0.3, -0.25) is 0 Å². The number of aliphatic hydroxyl groups excluding tert-OH is 1. The first-order valence-corrected chi connectivity index (χ1v) is 7.35. The van der Waals surface area contributed by atoms with Crippen molar-refractivity contribution >= 4 is 17.4 Å². The quantitative estimate of drug-likeness (QED) is 0.828. The summed E-state index contributed by atoms with van der Waals surface area (Å²) in [6.07, 6.45) is 0. The van der Waals surface area contributed by atoms with E-state index in [0.717, 1.165) is 28.3 Å². The largest absolute Gasteiger partial charge is 0.392 e. The molecule has 1 aromatic heterocycles. The highest BCUT2D eigenvalue weighted by molar-refractivity contribution is 6.30. The molecule has 4 nitrogen and oxygen atoms in total. The molecule has 1 aromatic carbocycles. The minimum Gasteiger partial charge on any atom is -0.392 e. The molecule has 0 radical (unpaired) electrons. The molecule has 0 saturated carbocycles. The Bertz CT molecular complexity index is 629. The Morgan fingerprint density at radius 1 is 1.24 bits per heavy atom. The molecule has 2 N–H and O–H groups in total. The zero-order valence-electron chi connectivity index (χ0n) is 12.5. The molecule has 112 valence electrons. The molecule has 0 amide bonds. The Morgan fingerprint density at radius 3 is 2.62 bits per heavy atom. The van der Waals surface area contributed by atoms with Gasteiger partial charge in [0, 0.05) is 18.0 Å². The molecule has 2 rings (SSSR count). The summed E-state index contributed by atoms with van der Waals surface area (Å²) < 4.78 is 0. The van der Waals surface area contributed by atoms with Crippen molar-refractivity contribution in [3.63, 3.8) is 0 Å². The molecule has 0 bridgehead atoms. The number of hydrogen-bond donors (Lipinski definition) is 2. The van der Waals surface area contributed by atoms with Gasteiger partial charge in [0.15, 0.2) is 0 Å². The number of halogens is 1. The van der Waals surface area contributed by atoms with Crippen LogP contribution in [0.5, 0.6) is 0 Å². The van der Waals surface area contributed by atoms with E-state index >= 15 is 0 Å². The van der Waals surface area contributed by atoms with Gasteiger partial charge in [-0.2, -0.15) is 0 Å². The molecule has 21 heavy (non-hydrogen) atoms. The maximum absolute atomic E-state index is 9.17. The van der Waals surface area contributed by atoms with Crippen LogP contribution in [0.15, 0.2) is 24.3 Å². The maximum Gasteiger partial charge on any atom is 0.137 e. The summed E-state index contributed by atoms with van der Waals surface area (Å²) in [7, 11) is 0. The summed E-state index contributed by atoms with van der Waals surface area (Å²) in [5.74, 6) is 1.71. The second kappa shape index (κ2) is 6.87. The van der Waals surface area contributed by atoms with Crippen molar-refractivity contribution in [1.82, 2.24) is 9.97 Å². The van der Waals surface area contributed by atoms with Crippen molar-refractivity contribution in [1.29, 1.82) is 0 Å². The fraction of sp³-hybridized carbons (Fsp3) is 0.375. The number of aliphatic hydroxyl groups is 1. The maximum atomic E-state index is 9.17. The number of nitrogens with one attached hydrogen (secondary N) is 1. The van der Waals surface area contributed by atoms with Gasteiger partial charge < -0.3 is 10.4 Å². The van der Waals surface area contributed by atoms with Gasteiger partial charge in [-0.25, -0.2) is 9.97 Å². The van der Waals surface area contributed by atoms with E-state index in [1.54, 1.807) is 0 Å². The van der Waals surface area contributed by atoms with Gasteiger partial charge in [-0.1, -0.05) is 49.7 Å². The summed E-state index contributed by atoms with van der Waals surface area (Å²) >= 11 is 6.17. The van der Waals surface area contributed by atoms with Crippen molar-refractivity contribution in [3.05, 3.63) is 51.9 Å². The van der Waals surface area contributed by atoms with Crippen molar-refractivity contribution in [2.24, 2.45) is 0 Å². The molecule has 2 aromatic rings. The van der Waals surface area contributed by atoms with E-state index in [0.29, 0.717) is 11.7 Å². The number of nitrogens with zero attached hydrogens (tertiary/aromatic N) is 2. The molecule has 0 aliphatic rings. The van der Waals surface area contributed by atoms with Gasteiger partial charge in [-0.05, 0) is 18.1 Å². The molecule has 5 heteroatoms. The van der Waals surface area contributed by atoms with E-state index in [1.807, 2.05) is 45.0 Å². The Kier molecular flexibility index (Phi) is 5.15. The molecule has 0 aliphatic heterocycles. The smallest absolute Gasteiger partial charge is 0.137 e. The highest BCUT2D eigenvalue weighted by atomic mass is 35.5. The number of aromatic nitrogens is 2. The van der Waals surface area contributed by atoms with Crippen LogP contribution in [0.3, 0.4) is 0 Å². The van der Waals surface area contributed by atoms with Gasteiger partial charge in [-0.15, -0.1) is 0 Å². The second-order valence-corrected chi connectivity index (χ2v) is 5.69. The van der Waals surface area contributed by atoms with Crippen molar-refractivity contribution in [3.8, 4) is 0 Å². The third kappa shape index (κ3) is 3.93. The summed E-state index contributed by atoms with van der Waals surface area (Å²) in [5, 5.41) is 13.0. The summed E-state index contributed by atoms with van der Waals surface area (Å²) in [6, 6.07) is 7.80. The zero-order valence-corrected chi connectivity index (χ0v) is 13.3. The standard InChI is InChI=1S/C16H20ClN3O/c1-10(2)15-19-14(17)11(3)16(20-15)18-8-12-5-4-6-13(7-12)9-21/h4-7,10,21H,8-9H2,1-3H3,(H,18,19,20). The Morgan fingerprint density at radius 2 is 1.95 bits per heavy atom. The van der Waals surface area contributed by atoms with Gasteiger partial charge in [0.1, 0.15) is 16.8 Å². The van der Waals surface area contributed by atoms with Crippen LogP contribution >= 0.6 is 11.6 Å². The minimum atomic E-state index is 0.0453. The monoisotopic (exact) mass is 305 g/mol. The van der Waals surface area contributed by atoms with E-state index in [1.165, 1.54) is 0 Å². The Labute approximate surface area is 130 Å². The molecule has 0 aliphatic carbocycles. The molecule has 0 fully saturated rings. The second-order valence-electron chi connectivity index (χ2n) is 5.33. The average molecular weight is 306 g/mol. The van der Waals surface area contributed by atoms with Crippen LogP contribution in [0.25, 0.3) is 0 Å². The van der Waals surface area contributed by atoms with E-state index in [9.17, 15) is 0 Å². The van der Waals surface area contributed by atoms with Crippen LogP contribution in [0.1, 0.15) is 42.3 Å². The van der Waals surface area contributed by atoms with Crippen molar-refractivity contribution < 1.29 is 5.11 Å². The lowest BCUT2D eigenvalue weighted by atomic mass is 10.1. The van der Waals surface area contributed by atoms with Crippen LogP contribution in [0.2, 0.25) is 5.15 Å². The minimum absolute atomic E-state index is 0.0453. The van der Waals surface area contributed by atoms with Gasteiger partial charge >= 0.3 is 0 Å². The molecular weight excluding hydrogens is 286 g/mol. The average Bonchev–Trinajstić information content (AvgIpc) is 2.48. The lowest BCUT2D eigenvalue weighted by molar-refractivity contribution is 0.281. The van der Waals surface area contributed by atoms with Crippen LogP contribution in [-0.2, 0) is 13.2 Å². The molecule has 0 spiro atoms. The van der Waals surface area contributed by atoms with E-state index in [2.05, 4.69) is 15.3 Å². The van der Waals surface area contributed by atoms with E-state index in [-0.39, 0.29) is 12.5 Å². The topological polar surface area (TPSA) is 58.0 Å². The predicted molar refractivity (Wildman–Crippen MR) is 85.6 cm³/mol. The summed E-state index contributed by atoms with van der Waals surface area (Å²) in [6.45, 7) is 6.65. The van der Waals surface area contributed by atoms with E-state index in [4.69, 9.17) is 16.7 Å². The highest BCUT2D eigenvalue weighted by Crippen LogP contribution is 2.23. The summed E-state index contributed by atoms with van der Waals surface area (Å²) in [5.41, 5.74) is 2.83. The molecule has 0 unspecified atom stereocenters. The lowest BCUT2D eigenvalue weighted by Gasteiger charge is -2.13. The van der Waals surface area contributed by atoms with E-state index < -0.39 is 0 Å². The number of hydrogen-bond acceptors (Lipinski definition) is 4. The predicted octanol–water partition coefficient (Wildman–Crippen LogP) is 3.67. The SMILES string of the molecule is Cc1c(Cl)nc(C(C)C)nc1NCc1cccc(CO)c1. The zero-order chi connectivity index (χ0) is 15.4. The Balaban J connectivity index is 2.19. The van der Waals surface area contributed by atoms with Crippen LogP contribution in [0, 0.1) is 6.92 Å². The first kappa shape index (κ1) is 15.7. The summed E-state index contributed by atoms with van der Waals surface area (Å²) in [4.78, 5) is 8.83. The van der Waals surface area contributed by atoms with Gasteiger partial charge in [0.25, 0.3) is 0 Å². The third-order valence-electron chi connectivity index (χ3n) is 3.25. The molecular formula is C16H20ClN3O. The lowest BCUT2D eigenvalue weighted by Crippen LogP contribution is -2.08. The first-order valence-electron chi connectivity index (χ1n) is 6.98. The molecule has 0 atom stereocenters. The fourth-order valence-electron chi connectivity index (χ4n) is 1.96. The van der Waals surface area contributed by atoms with Gasteiger partial charge in [0.2, 0.25) is 0 Å². The van der Waals surface area contributed by atoms with Crippen LogP contribution < -0.4 is 5.32 Å². The fourth-order valence-corrected chi connectivity index (χ4v) is 2.14. The third-order valence-corrected chi connectivity index (χ3v) is 3.62. The van der Waals surface area contributed by atoms with Crippen molar-refractivity contribution in [2.45, 2.75) is 39.8 Å². The molecule has 1 heterocycles. The Hall–Kier alpha value is -1.65. The number of benzene rings is 1.